The average Bonchev–Trinajstić information content (AvgIpc) is 2.79. The monoisotopic (exact) mass is 395 g/mol. The van der Waals surface area contributed by atoms with Gasteiger partial charge in [-0.3, -0.25) is 14.5 Å². The molecule has 1 atom stereocenters. The summed E-state index contributed by atoms with van der Waals surface area (Å²) in [6, 6.07) is 20.4. The maximum atomic E-state index is 12.5. The Balaban J connectivity index is 1.67. The van der Waals surface area contributed by atoms with Crippen molar-refractivity contribution in [2.24, 2.45) is 0 Å². The molecule has 6 heteroatoms. The van der Waals surface area contributed by atoms with Gasteiger partial charge in [-0.05, 0) is 17.5 Å². The molecule has 1 saturated heterocycles. The van der Waals surface area contributed by atoms with Crippen LogP contribution in [-0.2, 0) is 9.59 Å². The summed E-state index contributed by atoms with van der Waals surface area (Å²) in [5, 5.41) is 11.8. The Morgan fingerprint density at radius 3 is 1.90 bits per heavy atom. The Labute approximate surface area is 172 Å². The van der Waals surface area contributed by atoms with Crippen molar-refractivity contribution in [1.82, 2.24) is 15.1 Å². The van der Waals surface area contributed by atoms with Crippen LogP contribution in [0.25, 0.3) is 0 Å². The summed E-state index contributed by atoms with van der Waals surface area (Å²) in [5.41, 5.74) is 2.43. The Morgan fingerprint density at radius 1 is 0.931 bits per heavy atom. The lowest BCUT2D eigenvalue weighted by Gasteiger charge is -2.39. The topological polar surface area (TPSA) is 72.9 Å². The van der Waals surface area contributed by atoms with E-state index in [9.17, 15) is 14.7 Å². The molecule has 1 heterocycles. The second-order valence-corrected chi connectivity index (χ2v) is 7.31. The van der Waals surface area contributed by atoms with Crippen LogP contribution in [0.1, 0.15) is 30.5 Å². The van der Waals surface area contributed by atoms with Gasteiger partial charge in [-0.2, -0.15) is 0 Å². The highest BCUT2D eigenvalue weighted by atomic mass is 16.3. The van der Waals surface area contributed by atoms with E-state index in [-0.39, 0.29) is 18.7 Å². The fourth-order valence-corrected chi connectivity index (χ4v) is 3.74. The number of nitrogens with one attached hydrogen (secondary N) is 1. The van der Waals surface area contributed by atoms with Gasteiger partial charge in [0, 0.05) is 26.2 Å². The van der Waals surface area contributed by atoms with Gasteiger partial charge < -0.3 is 15.3 Å². The number of aliphatic hydroxyl groups is 1. The maximum Gasteiger partial charge on any atom is 0.311 e. The van der Waals surface area contributed by atoms with E-state index in [0.717, 1.165) is 0 Å². The van der Waals surface area contributed by atoms with Gasteiger partial charge in [-0.25, -0.2) is 0 Å². The smallest absolute Gasteiger partial charge is 0.311 e. The van der Waals surface area contributed by atoms with Crippen molar-refractivity contribution in [3.63, 3.8) is 0 Å². The molecule has 2 aromatic rings. The van der Waals surface area contributed by atoms with Crippen LogP contribution in [0.15, 0.2) is 60.7 Å². The van der Waals surface area contributed by atoms with E-state index in [4.69, 9.17) is 0 Å². The standard InChI is InChI=1S/C23H29N3O3/c1-2-20(17-27)24-22(28)23(29)26-15-13-25(14-16-26)21(18-9-5-3-6-10-18)19-11-7-4-8-12-19/h3-12,20-21,27H,2,13-17H2,1H3,(H,24,28). The molecule has 2 amide bonds. The number of carbonyl (C=O) groups is 2. The Morgan fingerprint density at radius 2 is 1.45 bits per heavy atom. The molecule has 0 saturated carbocycles. The van der Waals surface area contributed by atoms with Crippen LogP contribution in [0.5, 0.6) is 0 Å². The van der Waals surface area contributed by atoms with E-state index in [2.05, 4.69) is 34.5 Å². The number of amides is 2. The van der Waals surface area contributed by atoms with Crippen molar-refractivity contribution < 1.29 is 14.7 Å². The van der Waals surface area contributed by atoms with E-state index < -0.39 is 11.8 Å². The van der Waals surface area contributed by atoms with Gasteiger partial charge in [0.1, 0.15) is 0 Å². The van der Waals surface area contributed by atoms with Crippen molar-refractivity contribution in [2.45, 2.75) is 25.4 Å². The fraction of sp³-hybridized carbons (Fsp3) is 0.391. The molecule has 0 spiro atoms. The lowest BCUT2D eigenvalue weighted by Crippen LogP contribution is -2.54. The molecule has 0 bridgehead atoms. The zero-order chi connectivity index (χ0) is 20.6. The minimum absolute atomic E-state index is 0.113. The van der Waals surface area contributed by atoms with Crippen LogP contribution in [-0.4, -0.2) is 65.5 Å². The van der Waals surface area contributed by atoms with E-state index in [1.165, 1.54) is 11.1 Å². The van der Waals surface area contributed by atoms with Crippen molar-refractivity contribution in [3.8, 4) is 0 Å². The van der Waals surface area contributed by atoms with Crippen LogP contribution in [0.3, 0.4) is 0 Å². The largest absolute Gasteiger partial charge is 0.394 e. The van der Waals surface area contributed by atoms with Crippen molar-refractivity contribution in [3.05, 3.63) is 71.8 Å². The third kappa shape index (κ3) is 5.22. The molecule has 2 N–H and O–H groups in total. The van der Waals surface area contributed by atoms with Crippen molar-refractivity contribution in [2.75, 3.05) is 32.8 Å². The lowest BCUT2D eigenvalue weighted by molar-refractivity contribution is -0.147. The third-order valence-corrected chi connectivity index (χ3v) is 5.44. The van der Waals surface area contributed by atoms with Crippen molar-refractivity contribution >= 4 is 11.8 Å². The minimum Gasteiger partial charge on any atom is -0.394 e. The third-order valence-electron chi connectivity index (χ3n) is 5.44. The summed E-state index contributed by atoms with van der Waals surface area (Å²) in [4.78, 5) is 28.7. The lowest BCUT2D eigenvalue weighted by atomic mass is 9.96. The minimum atomic E-state index is -0.637. The highest BCUT2D eigenvalue weighted by Crippen LogP contribution is 2.29. The average molecular weight is 396 g/mol. The molecule has 154 valence electrons. The van der Waals surface area contributed by atoms with E-state index >= 15 is 0 Å². The van der Waals surface area contributed by atoms with Crippen LogP contribution >= 0.6 is 0 Å². The highest BCUT2D eigenvalue weighted by Gasteiger charge is 2.30. The second kappa shape index (κ2) is 10.2. The van der Waals surface area contributed by atoms with Crippen LogP contribution in [0.2, 0.25) is 0 Å². The number of piperazine rings is 1. The summed E-state index contributed by atoms with van der Waals surface area (Å²) >= 11 is 0. The van der Waals surface area contributed by atoms with Gasteiger partial charge in [0.2, 0.25) is 0 Å². The first-order chi connectivity index (χ1) is 14.1. The summed E-state index contributed by atoms with van der Waals surface area (Å²) in [7, 11) is 0. The molecule has 1 aliphatic heterocycles. The van der Waals surface area contributed by atoms with Crippen LogP contribution < -0.4 is 5.32 Å². The van der Waals surface area contributed by atoms with Crippen molar-refractivity contribution in [1.29, 1.82) is 0 Å². The Kier molecular flexibility index (Phi) is 7.38. The number of nitrogens with zero attached hydrogens (tertiary/aromatic N) is 2. The van der Waals surface area contributed by atoms with Gasteiger partial charge >= 0.3 is 11.8 Å². The van der Waals surface area contributed by atoms with Gasteiger partial charge in [0.05, 0.1) is 18.7 Å². The molecule has 0 radical (unpaired) electrons. The fourth-order valence-electron chi connectivity index (χ4n) is 3.74. The van der Waals surface area contributed by atoms with Crippen LogP contribution in [0.4, 0.5) is 0 Å². The molecule has 0 aliphatic carbocycles. The number of rotatable bonds is 6. The molecule has 0 aromatic heterocycles. The van der Waals surface area contributed by atoms with Gasteiger partial charge in [-0.15, -0.1) is 0 Å². The number of benzene rings is 2. The molecule has 6 nitrogen and oxygen atoms in total. The molecule has 1 unspecified atom stereocenters. The van der Waals surface area contributed by atoms with E-state index in [1.54, 1.807) is 4.90 Å². The molecule has 1 aliphatic rings. The first kappa shape index (κ1) is 21.0. The molecule has 1 fully saturated rings. The normalized spacial score (nSPS) is 15.9. The molecule has 29 heavy (non-hydrogen) atoms. The maximum absolute atomic E-state index is 12.5. The van der Waals surface area contributed by atoms with Crippen LogP contribution in [0, 0.1) is 0 Å². The number of hydrogen-bond donors (Lipinski definition) is 2. The van der Waals surface area contributed by atoms with Gasteiger partial charge in [0.25, 0.3) is 0 Å². The SMILES string of the molecule is CCC(CO)NC(=O)C(=O)N1CCN(C(c2ccccc2)c2ccccc2)CC1. The Bertz CT molecular complexity index is 746. The predicted molar refractivity (Wildman–Crippen MR) is 112 cm³/mol. The summed E-state index contributed by atoms with van der Waals surface area (Å²) in [5.74, 6) is -1.16. The summed E-state index contributed by atoms with van der Waals surface area (Å²) in [6.07, 6.45) is 0.582. The van der Waals surface area contributed by atoms with Gasteiger partial charge in [-0.1, -0.05) is 67.6 Å². The van der Waals surface area contributed by atoms with E-state index in [1.807, 2.05) is 43.3 Å². The summed E-state index contributed by atoms with van der Waals surface area (Å²) in [6.45, 7) is 4.06. The van der Waals surface area contributed by atoms with Gasteiger partial charge in [0.15, 0.2) is 0 Å². The van der Waals surface area contributed by atoms with E-state index in [0.29, 0.717) is 32.6 Å². The first-order valence-corrected chi connectivity index (χ1v) is 10.2. The zero-order valence-electron chi connectivity index (χ0n) is 16.8. The Hall–Kier alpha value is -2.70. The predicted octanol–water partition coefficient (Wildman–Crippen LogP) is 1.81. The number of hydrogen-bond acceptors (Lipinski definition) is 4. The first-order valence-electron chi connectivity index (χ1n) is 10.2. The zero-order valence-corrected chi connectivity index (χ0v) is 16.8. The molecular formula is C23H29N3O3. The second-order valence-electron chi connectivity index (χ2n) is 7.31. The quantitative estimate of drug-likeness (QED) is 0.732. The molecular weight excluding hydrogens is 366 g/mol. The molecule has 2 aromatic carbocycles. The molecule has 3 rings (SSSR count). The number of aliphatic hydroxyl groups excluding tert-OH is 1. The summed E-state index contributed by atoms with van der Waals surface area (Å²) < 4.78 is 0. The highest BCUT2D eigenvalue weighted by molar-refractivity contribution is 6.35. The number of carbonyl (C=O) groups excluding carboxylic acids is 2.